The van der Waals surface area contributed by atoms with E-state index in [9.17, 15) is 0 Å². The SMILES string of the molecule is CCN1Cc2cc(N)cc3c2C(C)(CCCC3)C1. The fourth-order valence-corrected chi connectivity index (χ4v) is 4.02. The summed E-state index contributed by atoms with van der Waals surface area (Å²) in [5, 5.41) is 0. The van der Waals surface area contributed by atoms with E-state index in [4.69, 9.17) is 5.73 Å². The van der Waals surface area contributed by atoms with Gasteiger partial charge < -0.3 is 5.73 Å². The zero-order valence-corrected chi connectivity index (χ0v) is 11.6. The standard InChI is InChI=1S/C16H24N2/c1-3-18-10-13-9-14(17)8-12-6-4-5-7-16(2,11-18)15(12)13/h8-9H,3-7,10-11,17H2,1-2H3. The van der Waals surface area contributed by atoms with Gasteiger partial charge in [-0.15, -0.1) is 0 Å². The summed E-state index contributed by atoms with van der Waals surface area (Å²) in [6.07, 6.45) is 5.21. The van der Waals surface area contributed by atoms with Crippen LogP contribution in [0.3, 0.4) is 0 Å². The van der Waals surface area contributed by atoms with Crippen molar-refractivity contribution in [3.63, 3.8) is 0 Å². The molecule has 1 unspecified atom stereocenters. The number of aryl methyl sites for hydroxylation is 1. The molecule has 0 fully saturated rings. The van der Waals surface area contributed by atoms with E-state index in [-0.39, 0.29) is 0 Å². The molecule has 1 aliphatic carbocycles. The average Bonchev–Trinajstić information content (AvgIpc) is 2.48. The molecule has 2 aliphatic rings. The highest BCUT2D eigenvalue weighted by Crippen LogP contribution is 2.43. The lowest BCUT2D eigenvalue weighted by molar-refractivity contribution is 0.185. The lowest BCUT2D eigenvalue weighted by Gasteiger charge is -2.42. The van der Waals surface area contributed by atoms with Gasteiger partial charge in [0.05, 0.1) is 0 Å². The normalized spacial score (nSPS) is 27.7. The Morgan fingerprint density at radius 3 is 2.83 bits per heavy atom. The van der Waals surface area contributed by atoms with Crippen molar-refractivity contribution < 1.29 is 0 Å². The highest BCUT2D eigenvalue weighted by atomic mass is 15.1. The second-order valence-electron chi connectivity index (χ2n) is 6.29. The Morgan fingerprint density at radius 1 is 1.28 bits per heavy atom. The van der Waals surface area contributed by atoms with Gasteiger partial charge >= 0.3 is 0 Å². The Morgan fingerprint density at radius 2 is 2.06 bits per heavy atom. The second kappa shape index (κ2) is 4.27. The van der Waals surface area contributed by atoms with Crippen molar-refractivity contribution in [1.82, 2.24) is 4.90 Å². The number of anilines is 1. The summed E-state index contributed by atoms with van der Waals surface area (Å²) in [5.74, 6) is 0. The zero-order valence-electron chi connectivity index (χ0n) is 11.6. The predicted octanol–water partition coefficient (Wildman–Crippen LogP) is 3.09. The number of nitrogen functional groups attached to an aromatic ring is 1. The van der Waals surface area contributed by atoms with Crippen LogP contribution in [0.25, 0.3) is 0 Å². The molecular weight excluding hydrogens is 220 g/mol. The lowest BCUT2D eigenvalue weighted by Crippen LogP contribution is -2.44. The fraction of sp³-hybridized carbons (Fsp3) is 0.625. The molecule has 3 rings (SSSR count). The molecule has 0 radical (unpaired) electrons. The third kappa shape index (κ3) is 1.83. The molecule has 2 nitrogen and oxygen atoms in total. The monoisotopic (exact) mass is 244 g/mol. The summed E-state index contributed by atoms with van der Waals surface area (Å²) in [6.45, 7) is 8.16. The van der Waals surface area contributed by atoms with Crippen molar-refractivity contribution in [2.24, 2.45) is 0 Å². The number of hydrogen-bond acceptors (Lipinski definition) is 2. The minimum atomic E-state index is 0.350. The van der Waals surface area contributed by atoms with Gasteiger partial charge in [0.1, 0.15) is 0 Å². The van der Waals surface area contributed by atoms with E-state index in [0.29, 0.717) is 5.41 Å². The Bertz CT molecular complexity index is 466. The van der Waals surface area contributed by atoms with Gasteiger partial charge in [0, 0.05) is 24.2 Å². The summed E-state index contributed by atoms with van der Waals surface area (Å²) >= 11 is 0. The Labute approximate surface area is 110 Å². The first-order chi connectivity index (χ1) is 8.62. The van der Waals surface area contributed by atoms with Gasteiger partial charge in [0.25, 0.3) is 0 Å². The molecule has 1 aromatic rings. The molecule has 0 aromatic heterocycles. The van der Waals surface area contributed by atoms with E-state index in [1.54, 1.807) is 5.56 Å². The minimum absolute atomic E-state index is 0.350. The van der Waals surface area contributed by atoms with Crippen LogP contribution in [0.4, 0.5) is 5.69 Å². The molecule has 2 N–H and O–H groups in total. The number of rotatable bonds is 1. The fourth-order valence-electron chi connectivity index (χ4n) is 4.02. The van der Waals surface area contributed by atoms with Crippen molar-refractivity contribution >= 4 is 5.69 Å². The summed E-state index contributed by atoms with van der Waals surface area (Å²) in [6, 6.07) is 4.44. The third-order valence-electron chi connectivity index (χ3n) is 4.77. The lowest BCUT2D eigenvalue weighted by atomic mass is 9.72. The molecule has 1 aliphatic heterocycles. The summed E-state index contributed by atoms with van der Waals surface area (Å²) in [7, 11) is 0. The van der Waals surface area contributed by atoms with Crippen LogP contribution >= 0.6 is 0 Å². The van der Waals surface area contributed by atoms with Crippen LogP contribution in [0, 0.1) is 0 Å². The number of likely N-dealkylation sites (N-methyl/N-ethyl adjacent to an activating group) is 1. The molecule has 0 saturated heterocycles. The quantitative estimate of drug-likeness (QED) is 0.769. The van der Waals surface area contributed by atoms with Crippen LogP contribution in [-0.4, -0.2) is 18.0 Å². The molecule has 1 heterocycles. The van der Waals surface area contributed by atoms with E-state index in [0.717, 1.165) is 18.8 Å². The van der Waals surface area contributed by atoms with Crippen molar-refractivity contribution in [1.29, 1.82) is 0 Å². The molecule has 18 heavy (non-hydrogen) atoms. The summed E-state index contributed by atoms with van der Waals surface area (Å²) in [4.78, 5) is 2.57. The molecule has 98 valence electrons. The Balaban J connectivity index is 2.17. The third-order valence-corrected chi connectivity index (χ3v) is 4.77. The van der Waals surface area contributed by atoms with Crippen LogP contribution in [0.1, 0.15) is 49.8 Å². The number of nitrogens with zero attached hydrogens (tertiary/aromatic N) is 1. The van der Waals surface area contributed by atoms with Crippen LogP contribution < -0.4 is 5.73 Å². The van der Waals surface area contributed by atoms with E-state index in [1.807, 2.05) is 0 Å². The first kappa shape index (κ1) is 12.0. The number of nitrogens with two attached hydrogens (primary N) is 1. The molecule has 1 aromatic carbocycles. The van der Waals surface area contributed by atoms with E-state index in [1.165, 1.54) is 43.4 Å². The van der Waals surface area contributed by atoms with Crippen LogP contribution in [-0.2, 0) is 18.4 Å². The summed E-state index contributed by atoms with van der Waals surface area (Å²) in [5.41, 5.74) is 12.0. The Kier molecular flexibility index (Phi) is 2.86. The smallest absolute Gasteiger partial charge is 0.0320 e. The van der Waals surface area contributed by atoms with E-state index >= 15 is 0 Å². The highest BCUT2D eigenvalue weighted by Gasteiger charge is 2.37. The molecule has 1 atom stereocenters. The van der Waals surface area contributed by atoms with E-state index in [2.05, 4.69) is 30.9 Å². The molecular formula is C16H24N2. The van der Waals surface area contributed by atoms with Crippen LogP contribution in [0.5, 0.6) is 0 Å². The molecule has 0 spiro atoms. The second-order valence-corrected chi connectivity index (χ2v) is 6.29. The number of hydrogen-bond donors (Lipinski definition) is 1. The molecule has 2 heteroatoms. The van der Waals surface area contributed by atoms with Gasteiger partial charge in [-0.3, -0.25) is 4.90 Å². The zero-order chi connectivity index (χ0) is 12.8. The maximum atomic E-state index is 6.09. The van der Waals surface area contributed by atoms with Crippen molar-refractivity contribution in [3.05, 3.63) is 28.8 Å². The number of benzene rings is 1. The largest absolute Gasteiger partial charge is 0.399 e. The first-order valence-electron chi connectivity index (χ1n) is 7.26. The minimum Gasteiger partial charge on any atom is -0.399 e. The predicted molar refractivity (Wildman–Crippen MR) is 76.7 cm³/mol. The summed E-state index contributed by atoms with van der Waals surface area (Å²) < 4.78 is 0. The van der Waals surface area contributed by atoms with Gasteiger partial charge in [-0.25, -0.2) is 0 Å². The molecule has 0 saturated carbocycles. The van der Waals surface area contributed by atoms with Gasteiger partial charge in [-0.1, -0.05) is 20.3 Å². The molecule has 0 amide bonds. The van der Waals surface area contributed by atoms with Crippen molar-refractivity contribution in [2.75, 3.05) is 18.8 Å². The highest BCUT2D eigenvalue weighted by molar-refractivity contribution is 5.54. The topological polar surface area (TPSA) is 29.3 Å². The van der Waals surface area contributed by atoms with Crippen molar-refractivity contribution in [3.8, 4) is 0 Å². The van der Waals surface area contributed by atoms with Gasteiger partial charge in [0.15, 0.2) is 0 Å². The maximum absolute atomic E-state index is 6.09. The van der Waals surface area contributed by atoms with Gasteiger partial charge in [-0.05, 0) is 54.6 Å². The van der Waals surface area contributed by atoms with Gasteiger partial charge in [-0.2, -0.15) is 0 Å². The average molecular weight is 244 g/mol. The maximum Gasteiger partial charge on any atom is 0.0320 e. The van der Waals surface area contributed by atoms with Crippen LogP contribution in [0.15, 0.2) is 12.1 Å². The Hall–Kier alpha value is -1.02. The van der Waals surface area contributed by atoms with Gasteiger partial charge in [0.2, 0.25) is 0 Å². The van der Waals surface area contributed by atoms with E-state index < -0.39 is 0 Å². The molecule has 0 bridgehead atoms. The van der Waals surface area contributed by atoms with Crippen molar-refractivity contribution in [2.45, 2.75) is 51.5 Å². The first-order valence-corrected chi connectivity index (χ1v) is 7.26. The van der Waals surface area contributed by atoms with Crippen LogP contribution in [0.2, 0.25) is 0 Å².